The number of rotatable bonds is 7. The van der Waals surface area contributed by atoms with Gasteiger partial charge in [0, 0.05) is 6.07 Å². The van der Waals surface area contributed by atoms with E-state index in [2.05, 4.69) is 11.2 Å². The van der Waals surface area contributed by atoms with Gasteiger partial charge in [-0.15, -0.1) is 6.42 Å². The van der Waals surface area contributed by atoms with Crippen LogP contribution in [-0.4, -0.2) is 19.3 Å². The normalized spacial score (nSPS) is 11.4. The first-order valence-corrected chi connectivity index (χ1v) is 6.37. The molecule has 0 saturated carbocycles. The molecule has 0 aliphatic rings. The van der Waals surface area contributed by atoms with E-state index in [1.165, 1.54) is 0 Å². The number of terminal acetylenes is 1. The van der Waals surface area contributed by atoms with E-state index in [0.717, 1.165) is 23.6 Å². The summed E-state index contributed by atoms with van der Waals surface area (Å²) < 4.78 is 11.1. The topological polar surface area (TPSA) is 30.5 Å². The van der Waals surface area contributed by atoms with Crippen LogP contribution in [0.5, 0.6) is 11.5 Å². The summed E-state index contributed by atoms with van der Waals surface area (Å²) in [6.45, 7) is 7.22. The lowest BCUT2D eigenvalue weighted by molar-refractivity contribution is 0.331. The molecule has 0 aromatic heterocycles. The molecule has 1 N–H and O–H groups in total. The molecule has 0 bridgehead atoms. The van der Waals surface area contributed by atoms with Crippen LogP contribution in [0.25, 0.3) is 0 Å². The van der Waals surface area contributed by atoms with Crippen molar-refractivity contribution < 1.29 is 9.47 Å². The van der Waals surface area contributed by atoms with Gasteiger partial charge in [0.05, 0.1) is 24.9 Å². The molecule has 1 atom stereocenters. The number of benzene rings is 1. The zero-order valence-electron chi connectivity index (χ0n) is 11.3. The summed E-state index contributed by atoms with van der Waals surface area (Å²) in [5.41, 5.74) is 0.882. The second-order valence-corrected chi connectivity index (χ2v) is 3.80. The Morgan fingerprint density at radius 1 is 1.22 bits per heavy atom. The van der Waals surface area contributed by atoms with Crippen LogP contribution in [0.4, 0.5) is 5.69 Å². The Labute approximate surface area is 109 Å². The Kier molecular flexibility index (Phi) is 5.93. The summed E-state index contributed by atoms with van der Waals surface area (Å²) in [6, 6.07) is 5.73. The molecule has 1 rings (SSSR count). The molecule has 0 spiro atoms. The first-order valence-electron chi connectivity index (χ1n) is 6.37. The average Bonchev–Trinajstić information content (AvgIpc) is 2.39. The maximum absolute atomic E-state index is 5.57. The van der Waals surface area contributed by atoms with Crippen LogP contribution in [-0.2, 0) is 0 Å². The molecule has 98 valence electrons. The number of hydrogen-bond donors (Lipinski definition) is 1. The van der Waals surface area contributed by atoms with Crippen LogP contribution in [0.1, 0.15) is 27.2 Å². The lowest BCUT2D eigenvalue weighted by Crippen LogP contribution is -2.16. The fourth-order valence-corrected chi connectivity index (χ4v) is 1.61. The van der Waals surface area contributed by atoms with Gasteiger partial charge in [-0.3, -0.25) is 0 Å². The molecule has 3 nitrogen and oxygen atoms in total. The summed E-state index contributed by atoms with van der Waals surface area (Å²) in [5.74, 6) is 4.33. The highest BCUT2D eigenvalue weighted by Gasteiger charge is 2.09. The maximum Gasteiger partial charge on any atom is 0.142 e. The monoisotopic (exact) mass is 247 g/mol. The Morgan fingerprint density at radius 3 is 2.50 bits per heavy atom. The largest absolute Gasteiger partial charge is 0.494 e. The maximum atomic E-state index is 5.57. The van der Waals surface area contributed by atoms with Gasteiger partial charge < -0.3 is 14.8 Å². The molecule has 1 aromatic carbocycles. The van der Waals surface area contributed by atoms with E-state index in [9.17, 15) is 0 Å². The van der Waals surface area contributed by atoms with Crippen LogP contribution in [0.15, 0.2) is 18.2 Å². The Bertz CT molecular complexity index is 409. The molecular formula is C15H21NO2. The van der Waals surface area contributed by atoms with E-state index in [1.807, 2.05) is 39.0 Å². The van der Waals surface area contributed by atoms with E-state index in [0.29, 0.717) is 13.2 Å². The summed E-state index contributed by atoms with van der Waals surface area (Å²) in [6.07, 6.45) is 6.33. The lowest BCUT2D eigenvalue weighted by atomic mass is 10.2. The molecule has 3 heteroatoms. The molecule has 0 saturated heterocycles. The second-order valence-electron chi connectivity index (χ2n) is 3.80. The fourth-order valence-electron chi connectivity index (χ4n) is 1.61. The van der Waals surface area contributed by atoms with Crippen molar-refractivity contribution in [3.63, 3.8) is 0 Å². The van der Waals surface area contributed by atoms with Crippen molar-refractivity contribution >= 4 is 5.69 Å². The van der Waals surface area contributed by atoms with Gasteiger partial charge in [-0.05, 0) is 32.4 Å². The van der Waals surface area contributed by atoms with Gasteiger partial charge in [0.15, 0.2) is 0 Å². The van der Waals surface area contributed by atoms with Crippen molar-refractivity contribution in [1.82, 2.24) is 0 Å². The van der Waals surface area contributed by atoms with Crippen molar-refractivity contribution in [1.29, 1.82) is 0 Å². The predicted molar refractivity (Wildman–Crippen MR) is 75.3 cm³/mol. The van der Waals surface area contributed by atoms with Crippen LogP contribution in [0.2, 0.25) is 0 Å². The van der Waals surface area contributed by atoms with Gasteiger partial charge in [0.2, 0.25) is 0 Å². The third-order valence-corrected chi connectivity index (χ3v) is 2.50. The van der Waals surface area contributed by atoms with Gasteiger partial charge in [0.1, 0.15) is 11.5 Å². The highest BCUT2D eigenvalue weighted by molar-refractivity contribution is 5.61. The van der Waals surface area contributed by atoms with Crippen LogP contribution < -0.4 is 14.8 Å². The zero-order valence-corrected chi connectivity index (χ0v) is 11.3. The smallest absolute Gasteiger partial charge is 0.142 e. The van der Waals surface area contributed by atoms with Gasteiger partial charge in [-0.25, -0.2) is 0 Å². The minimum Gasteiger partial charge on any atom is -0.494 e. The highest BCUT2D eigenvalue weighted by Crippen LogP contribution is 2.30. The van der Waals surface area contributed by atoms with Crippen molar-refractivity contribution in [2.75, 3.05) is 18.5 Å². The average molecular weight is 247 g/mol. The molecular weight excluding hydrogens is 226 g/mol. The summed E-state index contributed by atoms with van der Waals surface area (Å²) in [7, 11) is 0. The SMILES string of the molecule is C#CC(CC)Nc1cc(OCC)ccc1OCC. The number of nitrogens with one attached hydrogen (secondary N) is 1. The molecule has 1 unspecified atom stereocenters. The van der Waals surface area contributed by atoms with Crippen LogP contribution in [0, 0.1) is 12.3 Å². The van der Waals surface area contributed by atoms with Gasteiger partial charge in [-0.1, -0.05) is 12.8 Å². The van der Waals surface area contributed by atoms with Gasteiger partial charge in [-0.2, -0.15) is 0 Å². The third kappa shape index (κ3) is 3.89. The molecule has 0 fully saturated rings. The lowest BCUT2D eigenvalue weighted by Gasteiger charge is -2.17. The molecule has 0 aliphatic carbocycles. The van der Waals surface area contributed by atoms with Crippen molar-refractivity contribution in [3.8, 4) is 23.8 Å². The van der Waals surface area contributed by atoms with Crippen LogP contribution >= 0.6 is 0 Å². The number of anilines is 1. The van der Waals surface area contributed by atoms with Crippen molar-refractivity contribution in [2.24, 2.45) is 0 Å². The summed E-state index contributed by atoms with van der Waals surface area (Å²) in [4.78, 5) is 0. The second kappa shape index (κ2) is 7.50. The van der Waals surface area contributed by atoms with E-state index in [1.54, 1.807) is 0 Å². The van der Waals surface area contributed by atoms with Crippen LogP contribution in [0.3, 0.4) is 0 Å². The molecule has 1 aromatic rings. The highest BCUT2D eigenvalue weighted by atomic mass is 16.5. The molecule has 0 heterocycles. The fraction of sp³-hybridized carbons (Fsp3) is 0.467. The molecule has 0 amide bonds. The van der Waals surface area contributed by atoms with Crippen molar-refractivity contribution in [3.05, 3.63) is 18.2 Å². The van der Waals surface area contributed by atoms with E-state index >= 15 is 0 Å². The molecule has 0 aliphatic heterocycles. The minimum absolute atomic E-state index is 0.00100. The first kappa shape index (κ1) is 14.2. The minimum atomic E-state index is 0.00100. The summed E-state index contributed by atoms with van der Waals surface area (Å²) in [5, 5.41) is 3.29. The Morgan fingerprint density at radius 2 is 1.94 bits per heavy atom. The first-order chi connectivity index (χ1) is 8.74. The standard InChI is InChI=1S/C15H21NO2/c1-5-12(6-2)16-14-11-13(17-7-3)9-10-15(14)18-8-4/h1,9-12,16H,6-8H2,2-4H3. The summed E-state index contributed by atoms with van der Waals surface area (Å²) >= 11 is 0. The predicted octanol–water partition coefficient (Wildman–Crippen LogP) is 3.31. The number of ether oxygens (including phenoxy) is 2. The van der Waals surface area contributed by atoms with Gasteiger partial charge >= 0.3 is 0 Å². The third-order valence-electron chi connectivity index (χ3n) is 2.50. The van der Waals surface area contributed by atoms with Crippen molar-refractivity contribution in [2.45, 2.75) is 33.2 Å². The Balaban J connectivity index is 2.95. The van der Waals surface area contributed by atoms with E-state index in [-0.39, 0.29) is 6.04 Å². The van der Waals surface area contributed by atoms with Gasteiger partial charge in [0.25, 0.3) is 0 Å². The van der Waals surface area contributed by atoms with E-state index < -0.39 is 0 Å². The Hall–Kier alpha value is -1.82. The quantitative estimate of drug-likeness (QED) is 0.750. The van der Waals surface area contributed by atoms with E-state index in [4.69, 9.17) is 15.9 Å². The molecule has 0 radical (unpaired) electrons. The zero-order chi connectivity index (χ0) is 13.4. The molecule has 18 heavy (non-hydrogen) atoms. The number of hydrogen-bond acceptors (Lipinski definition) is 3.